The van der Waals surface area contributed by atoms with Crippen LogP contribution >= 0.6 is 11.8 Å². The lowest BCUT2D eigenvalue weighted by molar-refractivity contribution is -0.141. The van der Waals surface area contributed by atoms with Crippen LogP contribution in [0.3, 0.4) is 0 Å². The van der Waals surface area contributed by atoms with Crippen LogP contribution in [0.4, 0.5) is 0 Å². The minimum absolute atomic E-state index is 0.0102. The fourth-order valence-corrected chi connectivity index (χ4v) is 2.12. The van der Waals surface area contributed by atoms with Gasteiger partial charge in [0.1, 0.15) is 6.04 Å². The summed E-state index contributed by atoms with van der Waals surface area (Å²) in [5.74, 6) is -1.34. The Kier molecular flexibility index (Phi) is 6.38. The van der Waals surface area contributed by atoms with Gasteiger partial charge >= 0.3 is 5.97 Å². The molecule has 3 N–H and O–H groups in total. The summed E-state index contributed by atoms with van der Waals surface area (Å²) in [5.41, 5.74) is 1.14. The van der Waals surface area contributed by atoms with Gasteiger partial charge in [-0.3, -0.25) is 4.79 Å². The molecule has 1 aromatic carbocycles. The van der Waals surface area contributed by atoms with Gasteiger partial charge in [-0.2, -0.15) is 0 Å². The van der Waals surface area contributed by atoms with E-state index in [4.69, 9.17) is 10.2 Å². The fourth-order valence-electron chi connectivity index (χ4n) is 1.41. The van der Waals surface area contributed by atoms with Crippen LogP contribution in [0.1, 0.15) is 12.0 Å². The Morgan fingerprint density at radius 2 is 1.95 bits per heavy atom. The quantitative estimate of drug-likeness (QED) is 0.651. The van der Waals surface area contributed by atoms with E-state index in [0.29, 0.717) is 0 Å². The second-order valence-electron chi connectivity index (χ2n) is 4.07. The largest absolute Gasteiger partial charge is 0.480 e. The van der Waals surface area contributed by atoms with E-state index in [1.165, 1.54) is 11.8 Å². The lowest BCUT2D eigenvalue weighted by atomic mass is 10.2. The molecule has 1 atom stereocenters. The molecule has 0 aromatic heterocycles. The molecule has 1 amide bonds. The van der Waals surface area contributed by atoms with Crippen molar-refractivity contribution in [3.63, 3.8) is 0 Å². The van der Waals surface area contributed by atoms with Crippen molar-refractivity contribution in [2.75, 3.05) is 12.4 Å². The number of aliphatic hydroxyl groups is 1. The molecular formula is C13H17NO4S. The first kappa shape index (κ1) is 15.5. The minimum Gasteiger partial charge on any atom is -0.480 e. The Morgan fingerprint density at radius 1 is 1.32 bits per heavy atom. The van der Waals surface area contributed by atoms with E-state index in [1.54, 1.807) is 0 Å². The summed E-state index contributed by atoms with van der Waals surface area (Å²) in [5, 5.41) is 19.9. The van der Waals surface area contributed by atoms with Crippen molar-refractivity contribution in [2.45, 2.75) is 24.3 Å². The number of amides is 1. The number of carboxylic acids is 1. The van der Waals surface area contributed by atoms with Crippen LogP contribution in [0.15, 0.2) is 29.2 Å². The molecule has 0 aliphatic heterocycles. The zero-order valence-electron chi connectivity index (χ0n) is 10.6. The van der Waals surface area contributed by atoms with E-state index in [0.717, 1.165) is 10.5 Å². The van der Waals surface area contributed by atoms with Crippen LogP contribution < -0.4 is 5.32 Å². The number of hydrogen-bond donors (Lipinski definition) is 3. The molecule has 0 fully saturated rings. The van der Waals surface area contributed by atoms with Crippen molar-refractivity contribution in [3.8, 4) is 0 Å². The summed E-state index contributed by atoms with van der Waals surface area (Å²) in [4.78, 5) is 23.4. The predicted octanol–water partition coefficient (Wildman–Crippen LogP) is 1.04. The number of aryl methyl sites for hydroxylation is 1. The average molecular weight is 283 g/mol. The summed E-state index contributed by atoms with van der Waals surface area (Å²) in [6.07, 6.45) is 0.0102. The van der Waals surface area contributed by atoms with Gasteiger partial charge in [0.05, 0.1) is 5.75 Å². The van der Waals surface area contributed by atoms with Crippen LogP contribution in [0.25, 0.3) is 0 Å². The van der Waals surface area contributed by atoms with Gasteiger partial charge in [-0.1, -0.05) is 17.7 Å². The number of benzene rings is 1. The highest BCUT2D eigenvalue weighted by Crippen LogP contribution is 2.17. The third-order valence-electron chi connectivity index (χ3n) is 2.44. The normalized spacial score (nSPS) is 11.9. The Balaban J connectivity index is 2.42. The van der Waals surface area contributed by atoms with Crippen LogP contribution in [-0.4, -0.2) is 40.5 Å². The monoisotopic (exact) mass is 283 g/mol. The topological polar surface area (TPSA) is 86.6 Å². The fraction of sp³-hybridized carbons (Fsp3) is 0.385. The Labute approximate surface area is 116 Å². The molecule has 1 unspecified atom stereocenters. The highest BCUT2D eigenvalue weighted by Gasteiger charge is 2.18. The number of hydrogen-bond acceptors (Lipinski definition) is 4. The zero-order valence-corrected chi connectivity index (χ0v) is 11.4. The molecule has 0 saturated heterocycles. The second kappa shape index (κ2) is 7.81. The third-order valence-corrected chi connectivity index (χ3v) is 3.45. The van der Waals surface area contributed by atoms with Crippen molar-refractivity contribution in [1.29, 1.82) is 0 Å². The Bertz CT molecular complexity index is 433. The maximum absolute atomic E-state index is 11.6. The highest BCUT2D eigenvalue weighted by molar-refractivity contribution is 8.00. The number of carboxylic acid groups (broad SMARTS) is 1. The summed E-state index contributed by atoms with van der Waals surface area (Å²) < 4.78 is 0. The highest BCUT2D eigenvalue weighted by atomic mass is 32.2. The Morgan fingerprint density at radius 3 is 2.47 bits per heavy atom. The number of carbonyl (C=O) groups is 2. The second-order valence-corrected chi connectivity index (χ2v) is 5.12. The van der Waals surface area contributed by atoms with Gasteiger partial charge in [0.2, 0.25) is 5.91 Å². The van der Waals surface area contributed by atoms with Crippen molar-refractivity contribution in [1.82, 2.24) is 5.32 Å². The number of rotatable bonds is 7. The van der Waals surface area contributed by atoms with Crippen LogP contribution in [-0.2, 0) is 9.59 Å². The van der Waals surface area contributed by atoms with Crippen LogP contribution in [0, 0.1) is 6.92 Å². The summed E-state index contributed by atoms with van der Waals surface area (Å²) in [6, 6.07) is 6.69. The van der Waals surface area contributed by atoms with Gasteiger partial charge < -0.3 is 15.5 Å². The van der Waals surface area contributed by atoms with Gasteiger partial charge in [-0.05, 0) is 19.1 Å². The van der Waals surface area contributed by atoms with Gasteiger partial charge in [0.15, 0.2) is 0 Å². The maximum atomic E-state index is 11.6. The molecule has 0 saturated carbocycles. The summed E-state index contributed by atoms with van der Waals surface area (Å²) >= 11 is 1.34. The van der Waals surface area contributed by atoms with Gasteiger partial charge in [0, 0.05) is 17.9 Å². The van der Waals surface area contributed by atoms with Gasteiger partial charge in [-0.15, -0.1) is 11.8 Å². The first-order chi connectivity index (χ1) is 9.02. The zero-order chi connectivity index (χ0) is 14.3. The number of aliphatic carboxylic acids is 1. The van der Waals surface area contributed by atoms with E-state index in [-0.39, 0.29) is 24.7 Å². The molecule has 6 heteroatoms. The molecule has 19 heavy (non-hydrogen) atoms. The number of aliphatic hydroxyl groups excluding tert-OH is 1. The molecule has 0 spiro atoms. The van der Waals surface area contributed by atoms with Crippen molar-refractivity contribution >= 4 is 23.6 Å². The molecular weight excluding hydrogens is 266 g/mol. The average Bonchev–Trinajstić information content (AvgIpc) is 2.37. The molecule has 1 aromatic rings. The van der Waals surface area contributed by atoms with Crippen LogP contribution in [0.5, 0.6) is 0 Å². The smallest absolute Gasteiger partial charge is 0.326 e. The molecule has 104 valence electrons. The maximum Gasteiger partial charge on any atom is 0.326 e. The first-order valence-electron chi connectivity index (χ1n) is 5.85. The van der Waals surface area contributed by atoms with Crippen LogP contribution in [0.2, 0.25) is 0 Å². The third kappa shape index (κ3) is 5.76. The van der Waals surface area contributed by atoms with E-state index in [1.807, 2.05) is 31.2 Å². The molecule has 1 rings (SSSR count). The van der Waals surface area contributed by atoms with Crippen molar-refractivity contribution in [3.05, 3.63) is 29.8 Å². The van der Waals surface area contributed by atoms with Crippen molar-refractivity contribution in [2.24, 2.45) is 0 Å². The summed E-state index contributed by atoms with van der Waals surface area (Å²) in [6.45, 7) is 1.70. The van der Waals surface area contributed by atoms with Crippen molar-refractivity contribution < 1.29 is 19.8 Å². The molecule has 5 nitrogen and oxygen atoms in total. The molecule has 0 bridgehead atoms. The Hall–Kier alpha value is -1.53. The predicted molar refractivity (Wildman–Crippen MR) is 73.2 cm³/mol. The number of thioether (sulfide) groups is 1. The molecule has 0 heterocycles. The van der Waals surface area contributed by atoms with E-state index in [9.17, 15) is 9.59 Å². The lowest BCUT2D eigenvalue weighted by Gasteiger charge is -2.12. The number of carbonyl (C=O) groups excluding carboxylic acids is 1. The minimum atomic E-state index is -1.14. The van der Waals surface area contributed by atoms with E-state index < -0.39 is 12.0 Å². The van der Waals surface area contributed by atoms with Gasteiger partial charge in [-0.25, -0.2) is 4.79 Å². The van der Waals surface area contributed by atoms with E-state index >= 15 is 0 Å². The molecule has 0 aliphatic carbocycles. The van der Waals surface area contributed by atoms with Gasteiger partial charge in [0.25, 0.3) is 0 Å². The lowest BCUT2D eigenvalue weighted by Crippen LogP contribution is -2.42. The SMILES string of the molecule is Cc1ccc(SCC(=O)NC(CCO)C(=O)O)cc1. The first-order valence-corrected chi connectivity index (χ1v) is 6.84. The molecule has 0 aliphatic rings. The molecule has 0 radical (unpaired) electrons. The van der Waals surface area contributed by atoms with E-state index in [2.05, 4.69) is 5.32 Å². The number of nitrogens with one attached hydrogen (secondary N) is 1. The summed E-state index contributed by atoms with van der Waals surface area (Å²) in [7, 11) is 0. The standard InChI is InChI=1S/C13H17NO4S/c1-9-2-4-10(5-3-9)19-8-12(16)14-11(6-7-15)13(17)18/h2-5,11,15H,6-8H2,1H3,(H,14,16)(H,17,18).